The number of hydrogen-bond acceptors (Lipinski definition) is 5. The number of sulfonamides is 1. The Labute approximate surface area is 167 Å². The summed E-state index contributed by atoms with van der Waals surface area (Å²) in [6, 6.07) is 8.67. The Morgan fingerprint density at radius 1 is 1.21 bits per heavy atom. The predicted octanol–water partition coefficient (Wildman–Crippen LogP) is 1.61. The van der Waals surface area contributed by atoms with Crippen LogP contribution >= 0.6 is 0 Å². The molecule has 2 N–H and O–H groups in total. The van der Waals surface area contributed by atoms with Gasteiger partial charge in [0.1, 0.15) is 10.7 Å². The molecule has 0 aliphatic carbocycles. The van der Waals surface area contributed by atoms with Gasteiger partial charge in [-0.25, -0.2) is 17.5 Å². The van der Waals surface area contributed by atoms with E-state index in [-0.39, 0.29) is 25.4 Å². The number of pyridine rings is 1. The Morgan fingerprint density at radius 3 is 2.72 bits per heavy atom. The standard InChI is InChI=1S/C19H20FN5O3S/c1-25-13-15(12-23-25)19-14(5-4-9-21-19)11-22-18(26)8-10-24-29(27,28)17-7-3-2-6-16(17)20/h2-7,9,12-13,24H,8,10-11H2,1H3,(H,22,26). The quantitative estimate of drug-likeness (QED) is 0.579. The van der Waals surface area contributed by atoms with Gasteiger partial charge in [-0.05, 0) is 23.8 Å². The lowest BCUT2D eigenvalue weighted by atomic mass is 10.1. The number of rotatable bonds is 8. The lowest BCUT2D eigenvalue weighted by Crippen LogP contribution is -2.31. The molecular weight excluding hydrogens is 397 g/mol. The van der Waals surface area contributed by atoms with Gasteiger partial charge in [-0.2, -0.15) is 5.10 Å². The maximum Gasteiger partial charge on any atom is 0.243 e. The van der Waals surface area contributed by atoms with Gasteiger partial charge >= 0.3 is 0 Å². The smallest absolute Gasteiger partial charge is 0.243 e. The van der Waals surface area contributed by atoms with Gasteiger partial charge in [0, 0.05) is 44.5 Å². The van der Waals surface area contributed by atoms with Crippen LogP contribution in [-0.2, 0) is 28.4 Å². The van der Waals surface area contributed by atoms with Crippen LogP contribution in [0, 0.1) is 5.82 Å². The van der Waals surface area contributed by atoms with E-state index in [2.05, 4.69) is 20.1 Å². The van der Waals surface area contributed by atoms with Crippen LogP contribution in [0.3, 0.4) is 0 Å². The summed E-state index contributed by atoms with van der Waals surface area (Å²) in [5, 5.41) is 6.86. The Bertz CT molecular complexity index is 1110. The summed E-state index contributed by atoms with van der Waals surface area (Å²) >= 11 is 0. The number of aryl methyl sites for hydroxylation is 1. The number of nitrogens with one attached hydrogen (secondary N) is 2. The predicted molar refractivity (Wildman–Crippen MR) is 104 cm³/mol. The number of carbonyl (C=O) groups is 1. The van der Waals surface area contributed by atoms with Crippen LogP contribution < -0.4 is 10.0 Å². The number of carbonyl (C=O) groups excluding carboxylic acids is 1. The average Bonchev–Trinajstić information content (AvgIpc) is 3.13. The van der Waals surface area contributed by atoms with Gasteiger partial charge in [0.2, 0.25) is 15.9 Å². The van der Waals surface area contributed by atoms with E-state index < -0.39 is 20.7 Å². The van der Waals surface area contributed by atoms with E-state index in [4.69, 9.17) is 0 Å². The van der Waals surface area contributed by atoms with Gasteiger partial charge < -0.3 is 5.32 Å². The van der Waals surface area contributed by atoms with Crippen LogP contribution in [0.15, 0.2) is 59.9 Å². The molecule has 152 valence electrons. The van der Waals surface area contributed by atoms with E-state index in [1.165, 1.54) is 18.2 Å². The first-order chi connectivity index (χ1) is 13.9. The first-order valence-electron chi connectivity index (χ1n) is 8.80. The van der Waals surface area contributed by atoms with Gasteiger partial charge in [-0.3, -0.25) is 14.5 Å². The summed E-state index contributed by atoms with van der Waals surface area (Å²) in [5.74, 6) is -1.19. The first kappa shape index (κ1) is 20.6. The molecule has 8 nitrogen and oxygen atoms in total. The fourth-order valence-electron chi connectivity index (χ4n) is 2.71. The molecule has 0 saturated carbocycles. The highest BCUT2D eigenvalue weighted by Gasteiger charge is 2.18. The Kier molecular flexibility index (Phi) is 6.35. The molecule has 10 heteroatoms. The largest absolute Gasteiger partial charge is 0.352 e. The second-order valence-electron chi connectivity index (χ2n) is 6.27. The van der Waals surface area contributed by atoms with E-state index in [0.29, 0.717) is 5.69 Å². The Hall–Kier alpha value is -3.11. The fraction of sp³-hybridized carbons (Fsp3) is 0.211. The van der Waals surface area contributed by atoms with Crippen molar-refractivity contribution in [2.75, 3.05) is 6.54 Å². The molecule has 0 spiro atoms. The molecule has 0 atom stereocenters. The zero-order valence-electron chi connectivity index (χ0n) is 15.7. The Balaban J connectivity index is 1.54. The van der Waals surface area contributed by atoms with Crippen LogP contribution in [-0.4, -0.2) is 35.6 Å². The summed E-state index contributed by atoms with van der Waals surface area (Å²) in [6.07, 6.45) is 5.08. The number of hydrogen-bond donors (Lipinski definition) is 2. The molecule has 3 rings (SSSR count). The molecular formula is C19H20FN5O3S. The van der Waals surface area contributed by atoms with Crippen LogP contribution in [0.5, 0.6) is 0 Å². The Morgan fingerprint density at radius 2 is 2.00 bits per heavy atom. The van der Waals surface area contributed by atoms with Crippen molar-refractivity contribution in [3.8, 4) is 11.3 Å². The lowest BCUT2D eigenvalue weighted by molar-refractivity contribution is -0.121. The topological polar surface area (TPSA) is 106 Å². The van der Waals surface area contributed by atoms with Crippen molar-refractivity contribution in [1.29, 1.82) is 0 Å². The summed E-state index contributed by atoms with van der Waals surface area (Å²) in [5.41, 5.74) is 2.34. The highest BCUT2D eigenvalue weighted by Crippen LogP contribution is 2.20. The molecule has 0 bridgehead atoms. The molecule has 1 aromatic carbocycles. The van der Waals surface area contributed by atoms with Gasteiger partial charge in [0.25, 0.3) is 0 Å². The van der Waals surface area contributed by atoms with Crippen molar-refractivity contribution < 1.29 is 17.6 Å². The second kappa shape index (κ2) is 8.93. The summed E-state index contributed by atoms with van der Waals surface area (Å²) in [7, 11) is -2.22. The SMILES string of the molecule is Cn1cc(-c2ncccc2CNC(=O)CCNS(=O)(=O)c2ccccc2F)cn1. The van der Waals surface area contributed by atoms with Crippen LogP contribution in [0.25, 0.3) is 11.3 Å². The summed E-state index contributed by atoms with van der Waals surface area (Å²) in [4.78, 5) is 16.0. The van der Waals surface area contributed by atoms with Crippen LogP contribution in [0.2, 0.25) is 0 Å². The van der Waals surface area contributed by atoms with Gasteiger partial charge in [0.05, 0.1) is 11.9 Å². The van der Waals surface area contributed by atoms with Crippen molar-refractivity contribution >= 4 is 15.9 Å². The third-order valence-electron chi connectivity index (χ3n) is 4.12. The van der Waals surface area contributed by atoms with E-state index in [1.54, 1.807) is 30.2 Å². The highest BCUT2D eigenvalue weighted by molar-refractivity contribution is 7.89. The average molecular weight is 417 g/mol. The van der Waals surface area contributed by atoms with Gasteiger partial charge in [0.15, 0.2) is 0 Å². The maximum atomic E-state index is 13.6. The molecule has 0 saturated heterocycles. The van der Waals surface area contributed by atoms with Gasteiger partial charge in [-0.15, -0.1) is 0 Å². The van der Waals surface area contributed by atoms with Crippen LogP contribution in [0.4, 0.5) is 4.39 Å². The molecule has 0 radical (unpaired) electrons. The molecule has 0 fully saturated rings. The lowest BCUT2D eigenvalue weighted by Gasteiger charge is -2.10. The molecule has 1 amide bonds. The summed E-state index contributed by atoms with van der Waals surface area (Å²) in [6.45, 7) is 0.0853. The van der Waals surface area contributed by atoms with E-state index >= 15 is 0 Å². The number of nitrogens with zero attached hydrogens (tertiary/aromatic N) is 3. The van der Waals surface area contributed by atoms with Crippen molar-refractivity contribution in [3.63, 3.8) is 0 Å². The van der Waals surface area contributed by atoms with E-state index in [9.17, 15) is 17.6 Å². The first-order valence-corrected chi connectivity index (χ1v) is 10.3. The van der Waals surface area contributed by atoms with Gasteiger partial charge in [-0.1, -0.05) is 18.2 Å². The molecule has 0 unspecified atom stereocenters. The number of benzene rings is 1. The summed E-state index contributed by atoms with van der Waals surface area (Å²) < 4.78 is 41.8. The third kappa shape index (κ3) is 5.24. The highest BCUT2D eigenvalue weighted by atomic mass is 32.2. The second-order valence-corrected chi connectivity index (χ2v) is 8.00. The van der Waals surface area contributed by atoms with E-state index in [0.717, 1.165) is 17.2 Å². The van der Waals surface area contributed by atoms with Crippen molar-refractivity contribution in [1.82, 2.24) is 24.8 Å². The van der Waals surface area contributed by atoms with Crippen molar-refractivity contribution in [3.05, 3.63) is 66.4 Å². The number of amides is 1. The van der Waals surface area contributed by atoms with Crippen LogP contribution in [0.1, 0.15) is 12.0 Å². The zero-order chi connectivity index (χ0) is 20.9. The maximum absolute atomic E-state index is 13.6. The third-order valence-corrected chi connectivity index (χ3v) is 5.61. The fourth-order valence-corrected chi connectivity index (χ4v) is 3.82. The number of halogens is 1. The molecule has 3 aromatic rings. The van der Waals surface area contributed by atoms with Crippen molar-refractivity contribution in [2.45, 2.75) is 17.9 Å². The van der Waals surface area contributed by atoms with E-state index in [1.807, 2.05) is 12.3 Å². The normalized spacial score (nSPS) is 11.4. The molecule has 2 heterocycles. The molecule has 29 heavy (non-hydrogen) atoms. The molecule has 0 aliphatic heterocycles. The minimum absolute atomic E-state index is 0.0871. The minimum atomic E-state index is -4.02. The van der Waals surface area contributed by atoms with Crippen molar-refractivity contribution in [2.24, 2.45) is 7.05 Å². The molecule has 2 aromatic heterocycles. The zero-order valence-corrected chi connectivity index (χ0v) is 16.5. The molecule has 0 aliphatic rings. The minimum Gasteiger partial charge on any atom is -0.352 e. The monoisotopic (exact) mass is 417 g/mol. The number of aromatic nitrogens is 3.